The molecule has 0 saturated heterocycles. The van der Waals surface area contributed by atoms with Crippen LogP contribution in [0.4, 0.5) is 5.69 Å². The van der Waals surface area contributed by atoms with E-state index in [1.165, 1.54) is 0 Å². The molecule has 6 nitrogen and oxygen atoms in total. The summed E-state index contributed by atoms with van der Waals surface area (Å²) >= 11 is 0. The number of hydrogen-bond donors (Lipinski definition) is 2. The molecule has 3 rings (SSSR count). The quantitative estimate of drug-likeness (QED) is 0.520. The summed E-state index contributed by atoms with van der Waals surface area (Å²) in [7, 11) is 3.68. The molecule has 1 aliphatic rings. The fourth-order valence-corrected chi connectivity index (χ4v) is 4.67. The zero-order valence-electron chi connectivity index (χ0n) is 19.7. The Morgan fingerprint density at radius 1 is 1.09 bits per heavy atom. The van der Waals surface area contributed by atoms with Gasteiger partial charge in [0.05, 0.1) is 12.2 Å². The van der Waals surface area contributed by atoms with Crippen molar-refractivity contribution in [1.29, 1.82) is 0 Å². The third kappa shape index (κ3) is 5.61. The van der Waals surface area contributed by atoms with Gasteiger partial charge in [-0.05, 0) is 87.5 Å². The van der Waals surface area contributed by atoms with Crippen LogP contribution < -0.4 is 15.0 Å². The molecule has 0 heterocycles. The van der Waals surface area contributed by atoms with E-state index in [1.54, 1.807) is 13.2 Å². The van der Waals surface area contributed by atoms with E-state index in [9.17, 15) is 9.90 Å². The van der Waals surface area contributed by atoms with Gasteiger partial charge >= 0.3 is 5.97 Å². The third-order valence-electron chi connectivity index (χ3n) is 6.55. The highest BCUT2D eigenvalue weighted by Gasteiger charge is 2.27. The van der Waals surface area contributed by atoms with Gasteiger partial charge < -0.3 is 24.8 Å². The number of aromatic carboxylic acids is 1. The molecule has 2 N–H and O–H groups in total. The number of anilines is 1. The Bertz CT molecular complexity index is 889. The van der Waals surface area contributed by atoms with Gasteiger partial charge in [-0.2, -0.15) is 0 Å². The summed E-state index contributed by atoms with van der Waals surface area (Å²) in [5, 5.41) is 13.3. The molecule has 2 aromatic carbocycles. The van der Waals surface area contributed by atoms with Gasteiger partial charge in [0.1, 0.15) is 12.4 Å². The van der Waals surface area contributed by atoms with Crippen molar-refractivity contribution in [2.75, 3.05) is 38.8 Å². The maximum Gasteiger partial charge on any atom is 0.336 e. The molecule has 174 valence electrons. The Morgan fingerprint density at radius 2 is 1.78 bits per heavy atom. The summed E-state index contributed by atoms with van der Waals surface area (Å²) in [6, 6.07) is 12.7. The zero-order chi connectivity index (χ0) is 23.1. The number of nitrogens with zero attached hydrogens (tertiary/aromatic N) is 1. The van der Waals surface area contributed by atoms with E-state index >= 15 is 0 Å². The summed E-state index contributed by atoms with van der Waals surface area (Å²) in [6.07, 6.45) is 4.51. The number of methoxy groups -OCH3 is 1. The number of benzene rings is 2. The Balaban J connectivity index is 1.92. The van der Waals surface area contributed by atoms with Crippen LogP contribution in [0.25, 0.3) is 11.1 Å². The molecule has 0 amide bonds. The number of carboxylic acid groups (broad SMARTS) is 1. The molecule has 1 fully saturated rings. The van der Waals surface area contributed by atoms with Crippen molar-refractivity contribution >= 4 is 11.7 Å². The summed E-state index contributed by atoms with van der Waals surface area (Å²) in [5.41, 5.74) is 4.10. The molecule has 1 aliphatic carbocycles. The van der Waals surface area contributed by atoms with Crippen LogP contribution in [0.3, 0.4) is 0 Å². The van der Waals surface area contributed by atoms with Crippen molar-refractivity contribution in [1.82, 2.24) is 5.32 Å². The molecule has 0 spiro atoms. The van der Waals surface area contributed by atoms with Crippen LogP contribution in [0.15, 0.2) is 36.4 Å². The lowest BCUT2D eigenvalue weighted by Gasteiger charge is -2.39. The van der Waals surface area contributed by atoms with Crippen molar-refractivity contribution in [3.8, 4) is 16.9 Å². The molecule has 0 atom stereocenters. The Kier molecular flexibility index (Phi) is 8.53. The topological polar surface area (TPSA) is 71.0 Å². The maximum atomic E-state index is 12.1. The van der Waals surface area contributed by atoms with Gasteiger partial charge in [-0.1, -0.05) is 12.1 Å². The van der Waals surface area contributed by atoms with Crippen LogP contribution in [0.1, 0.15) is 48.5 Å². The molecule has 2 aromatic rings. The first-order chi connectivity index (χ1) is 15.5. The molecule has 6 heteroatoms. The fraction of sp³-hybridized carbons (Fsp3) is 0.500. The van der Waals surface area contributed by atoms with Gasteiger partial charge in [0.2, 0.25) is 0 Å². The largest absolute Gasteiger partial charge is 0.491 e. The predicted octanol–water partition coefficient (Wildman–Crippen LogP) is 4.74. The van der Waals surface area contributed by atoms with E-state index < -0.39 is 5.97 Å². The first-order valence-electron chi connectivity index (χ1n) is 11.5. The number of nitrogens with one attached hydrogen (secondary N) is 1. The minimum atomic E-state index is -0.889. The fourth-order valence-electron chi connectivity index (χ4n) is 4.67. The molecule has 32 heavy (non-hydrogen) atoms. The Morgan fingerprint density at radius 3 is 2.34 bits per heavy atom. The lowest BCUT2D eigenvalue weighted by molar-refractivity contribution is 0.0696. The van der Waals surface area contributed by atoms with Gasteiger partial charge in [-0.25, -0.2) is 4.79 Å². The predicted molar refractivity (Wildman–Crippen MR) is 129 cm³/mol. The number of hydrogen-bond acceptors (Lipinski definition) is 5. The standard InChI is InChI=1S/C26H36N2O4/c1-5-28(22-10-8-21(27-3)9-11-22)25-17-20(16-24(18(25)2)26(29)30)19-6-12-23(13-7-19)32-15-14-31-4/h6-7,12-13,16-17,21-22,27H,5,8-11,14-15H2,1-4H3,(H,29,30)/t21-,22-. The highest BCUT2D eigenvalue weighted by Crippen LogP contribution is 2.35. The average Bonchev–Trinajstić information content (AvgIpc) is 2.81. The third-order valence-corrected chi connectivity index (χ3v) is 6.55. The first-order valence-corrected chi connectivity index (χ1v) is 11.5. The highest BCUT2D eigenvalue weighted by molar-refractivity contribution is 5.94. The van der Waals surface area contributed by atoms with Gasteiger partial charge in [0.15, 0.2) is 0 Å². The molecule has 0 aromatic heterocycles. The first kappa shape index (κ1) is 24.1. The Labute approximate surface area is 191 Å². The molecule has 1 saturated carbocycles. The van der Waals surface area contributed by atoms with Crippen LogP contribution in [0.2, 0.25) is 0 Å². The lowest BCUT2D eigenvalue weighted by Crippen LogP contribution is -2.42. The van der Waals surface area contributed by atoms with Gasteiger partial charge in [-0.15, -0.1) is 0 Å². The van der Waals surface area contributed by atoms with E-state index in [2.05, 4.69) is 23.2 Å². The van der Waals surface area contributed by atoms with Crippen molar-refractivity contribution in [3.05, 3.63) is 47.5 Å². The highest BCUT2D eigenvalue weighted by atomic mass is 16.5. The molecule has 0 unspecified atom stereocenters. The van der Waals surface area contributed by atoms with Crippen molar-refractivity contribution in [2.24, 2.45) is 0 Å². The normalized spacial score (nSPS) is 18.4. The molecular formula is C26H36N2O4. The number of carbonyl (C=O) groups is 1. The summed E-state index contributed by atoms with van der Waals surface area (Å²) in [4.78, 5) is 14.5. The number of ether oxygens (including phenoxy) is 2. The van der Waals surface area contributed by atoms with Crippen LogP contribution >= 0.6 is 0 Å². The smallest absolute Gasteiger partial charge is 0.336 e. The van der Waals surface area contributed by atoms with E-state index in [0.717, 1.165) is 60.4 Å². The Hall–Kier alpha value is -2.57. The van der Waals surface area contributed by atoms with Crippen LogP contribution in [0, 0.1) is 6.92 Å². The van der Waals surface area contributed by atoms with Crippen LogP contribution in [-0.4, -0.2) is 57.1 Å². The van der Waals surface area contributed by atoms with Crippen molar-refractivity contribution in [3.63, 3.8) is 0 Å². The van der Waals surface area contributed by atoms with Gasteiger partial charge in [0, 0.05) is 31.4 Å². The minimum Gasteiger partial charge on any atom is -0.491 e. The summed E-state index contributed by atoms with van der Waals surface area (Å²) in [5.74, 6) is -0.117. The summed E-state index contributed by atoms with van der Waals surface area (Å²) in [6.45, 7) is 5.97. The van der Waals surface area contributed by atoms with Crippen molar-refractivity contribution in [2.45, 2.75) is 51.6 Å². The zero-order valence-corrected chi connectivity index (χ0v) is 19.7. The van der Waals surface area contributed by atoms with Crippen LogP contribution in [0.5, 0.6) is 5.75 Å². The van der Waals surface area contributed by atoms with Crippen molar-refractivity contribution < 1.29 is 19.4 Å². The molecular weight excluding hydrogens is 404 g/mol. The second-order valence-corrected chi connectivity index (χ2v) is 8.42. The van der Waals surface area contributed by atoms with Crippen LogP contribution in [-0.2, 0) is 4.74 Å². The second-order valence-electron chi connectivity index (χ2n) is 8.42. The van der Waals surface area contributed by atoms with E-state index in [1.807, 2.05) is 38.2 Å². The monoisotopic (exact) mass is 440 g/mol. The van der Waals surface area contributed by atoms with E-state index in [-0.39, 0.29) is 0 Å². The minimum absolute atomic E-state index is 0.361. The second kappa shape index (κ2) is 11.3. The number of carboxylic acids is 1. The summed E-state index contributed by atoms with van der Waals surface area (Å²) < 4.78 is 10.7. The van der Waals surface area contributed by atoms with E-state index in [0.29, 0.717) is 30.9 Å². The number of rotatable bonds is 10. The molecule has 0 radical (unpaired) electrons. The average molecular weight is 441 g/mol. The molecule has 0 bridgehead atoms. The SMILES string of the molecule is CCN(c1cc(-c2ccc(OCCOC)cc2)cc(C(=O)O)c1C)[C@H]1CC[C@H](NC)CC1. The lowest BCUT2D eigenvalue weighted by atomic mass is 9.89. The van der Waals surface area contributed by atoms with Gasteiger partial charge in [0.25, 0.3) is 0 Å². The maximum absolute atomic E-state index is 12.1. The van der Waals surface area contributed by atoms with Gasteiger partial charge in [-0.3, -0.25) is 0 Å². The molecule has 0 aliphatic heterocycles. The van der Waals surface area contributed by atoms with E-state index in [4.69, 9.17) is 9.47 Å².